The van der Waals surface area contributed by atoms with Crippen molar-refractivity contribution in [2.24, 2.45) is 0 Å². The van der Waals surface area contributed by atoms with E-state index in [2.05, 4.69) is 59.4 Å². The van der Waals surface area contributed by atoms with E-state index in [4.69, 9.17) is 4.98 Å². The topological polar surface area (TPSA) is 42.0 Å². The SMILES string of the molecule is Cc1ccc(-c2cc(C(=O)N[C@H](C)CCc3ccccc3)c3cc(Br)ccc3n2)cc1. The van der Waals surface area contributed by atoms with Crippen LogP contribution in [-0.4, -0.2) is 16.9 Å². The summed E-state index contributed by atoms with van der Waals surface area (Å²) < 4.78 is 0.927. The molecule has 4 aromatic rings. The first-order valence-electron chi connectivity index (χ1n) is 10.5. The molecule has 1 aromatic heterocycles. The Balaban J connectivity index is 1.62. The van der Waals surface area contributed by atoms with E-state index < -0.39 is 0 Å². The van der Waals surface area contributed by atoms with Gasteiger partial charge in [-0.05, 0) is 56.5 Å². The first-order chi connectivity index (χ1) is 15.0. The average Bonchev–Trinajstić information content (AvgIpc) is 2.78. The van der Waals surface area contributed by atoms with Gasteiger partial charge < -0.3 is 5.32 Å². The molecular weight excluding hydrogens is 448 g/mol. The van der Waals surface area contributed by atoms with Crippen molar-refractivity contribution >= 4 is 32.7 Å². The molecule has 1 atom stereocenters. The summed E-state index contributed by atoms with van der Waals surface area (Å²) in [5.41, 5.74) is 5.73. The summed E-state index contributed by atoms with van der Waals surface area (Å²) in [6.45, 7) is 4.12. The quantitative estimate of drug-likeness (QED) is 0.338. The summed E-state index contributed by atoms with van der Waals surface area (Å²) in [7, 11) is 0. The molecule has 0 aliphatic rings. The molecule has 3 aromatic carbocycles. The minimum absolute atomic E-state index is 0.0610. The Kier molecular flexibility index (Phi) is 6.47. The van der Waals surface area contributed by atoms with Crippen LogP contribution < -0.4 is 5.32 Å². The molecule has 0 aliphatic carbocycles. The van der Waals surface area contributed by atoms with Gasteiger partial charge in [-0.3, -0.25) is 4.79 Å². The molecule has 4 heteroatoms. The third kappa shape index (κ3) is 5.20. The van der Waals surface area contributed by atoms with Gasteiger partial charge in [-0.25, -0.2) is 4.98 Å². The molecule has 1 amide bonds. The third-order valence-electron chi connectivity index (χ3n) is 5.45. The highest BCUT2D eigenvalue weighted by Crippen LogP contribution is 2.27. The van der Waals surface area contributed by atoms with Crippen LogP contribution in [0.25, 0.3) is 22.2 Å². The smallest absolute Gasteiger partial charge is 0.252 e. The highest BCUT2D eigenvalue weighted by molar-refractivity contribution is 9.10. The molecule has 0 spiro atoms. The summed E-state index contributed by atoms with van der Waals surface area (Å²) in [6, 6.07) is 26.4. The molecule has 156 valence electrons. The number of nitrogens with zero attached hydrogens (tertiary/aromatic N) is 1. The monoisotopic (exact) mass is 472 g/mol. The minimum atomic E-state index is -0.0700. The minimum Gasteiger partial charge on any atom is -0.350 e. The van der Waals surface area contributed by atoms with Gasteiger partial charge in [-0.15, -0.1) is 0 Å². The van der Waals surface area contributed by atoms with Crippen LogP contribution in [0.1, 0.15) is 34.8 Å². The second-order valence-corrected chi connectivity index (χ2v) is 8.90. The number of carbonyl (C=O) groups is 1. The van der Waals surface area contributed by atoms with E-state index in [1.807, 2.05) is 54.6 Å². The number of amides is 1. The first-order valence-corrected chi connectivity index (χ1v) is 11.3. The molecule has 0 unspecified atom stereocenters. The normalized spacial score (nSPS) is 12.0. The van der Waals surface area contributed by atoms with Crippen LogP contribution >= 0.6 is 15.9 Å². The number of nitrogens with one attached hydrogen (secondary N) is 1. The number of fused-ring (bicyclic) bond motifs is 1. The zero-order chi connectivity index (χ0) is 21.8. The van der Waals surface area contributed by atoms with E-state index in [-0.39, 0.29) is 11.9 Å². The van der Waals surface area contributed by atoms with Crippen molar-refractivity contribution in [1.29, 1.82) is 0 Å². The van der Waals surface area contributed by atoms with Gasteiger partial charge in [0.05, 0.1) is 16.8 Å². The van der Waals surface area contributed by atoms with Gasteiger partial charge in [0.15, 0.2) is 0 Å². The van der Waals surface area contributed by atoms with Crippen LogP contribution in [0.4, 0.5) is 0 Å². The van der Waals surface area contributed by atoms with Crippen LogP contribution in [0.3, 0.4) is 0 Å². The van der Waals surface area contributed by atoms with Crippen molar-refractivity contribution in [3.05, 3.63) is 100 Å². The number of benzene rings is 3. The highest BCUT2D eigenvalue weighted by Gasteiger charge is 2.16. The average molecular weight is 473 g/mol. The Morgan fingerprint density at radius 1 is 1.00 bits per heavy atom. The fraction of sp³-hybridized carbons (Fsp3) is 0.185. The van der Waals surface area contributed by atoms with E-state index in [1.165, 1.54) is 11.1 Å². The van der Waals surface area contributed by atoms with E-state index in [0.717, 1.165) is 39.5 Å². The lowest BCUT2D eigenvalue weighted by atomic mass is 10.0. The van der Waals surface area contributed by atoms with Crippen molar-refractivity contribution in [3.63, 3.8) is 0 Å². The molecule has 0 fully saturated rings. The Morgan fingerprint density at radius 3 is 2.48 bits per heavy atom. The maximum Gasteiger partial charge on any atom is 0.252 e. The number of hydrogen-bond donors (Lipinski definition) is 1. The summed E-state index contributed by atoms with van der Waals surface area (Å²) in [5, 5.41) is 4.03. The van der Waals surface area contributed by atoms with Crippen LogP contribution in [0.15, 0.2) is 83.3 Å². The summed E-state index contributed by atoms with van der Waals surface area (Å²) in [5.74, 6) is -0.0700. The molecule has 0 bridgehead atoms. The van der Waals surface area contributed by atoms with Gasteiger partial charge >= 0.3 is 0 Å². The Bertz CT molecular complexity index is 1200. The van der Waals surface area contributed by atoms with E-state index >= 15 is 0 Å². The first kappa shape index (κ1) is 21.3. The molecule has 3 nitrogen and oxygen atoms in total. The largest absolute Gasteiger partial charge is 0.350 e. The van der Waals surface area contributed by atoms with Crippen molar-refractivity contribution in [1.82, 2.24) is 10.3 Å². The summed E-state index contributed by atoms with van der Waals surface area (Å²) in [4.78, 5) is 18.1. The predicted molar refractivity (Wildman–Crippen MR) is 131 cm³/mol. The number of halogens is 1. The second kappa shape index (κ2) is 9.44. The van der Waals surface area contributed by atoms with E-state index in [1.54, 1.807) is 0 Å². The molecule has 0 aliphatic heterocycles. The molecule has 1 N–H and O–H groups in total. The fourth-order valence-corrected chi connectivity index (χ4v) is 4.02. The highest BCUT2D eigenvalue weighted by atomic mass is 79.9. The Morgan fingerprint density at radius 2 is 1.74 bits per heavy atom. The predicted octanol–water partition coefficient (Wildman–Crippen LogP) is 6.72. The van der Waals surface area contributed by atoms with Crippen LogP contribution in [0.5, 0.6) is 0 Å². The zero-order valence-electron chi connectivity index (χ0n) is 17.7. The van der Waals surface area contributed by atoms with Gasteiger partial charge in [0, 0.05) is 21.5 Å². The lowest BCUT2D eigenvalue weighted by Gasteiger charge is -2.16. The van der Waals surface area contributed by atoms with E-state index in [0.29, 0.717) is 5.56 Å². The van der Waals surface area contributed by atoms with Crippen molar-refractivity contribution in [2.75, 3.05) is 0 Å². The van der Waals surface area contributed by atoms with E-state index in [9.17, 15) is 4.79 Å². The molecular formula is C27H25BrN2O. The third-order valence-corrected chi connectivity index (χ3v) is 5.94. The number of pyridine rings is 1. The van der Waals surface area contributed by atoms with Crippen molar-refractivity contribution < 1.29 is 4.79 Å². The molecule has 31 heavy (non-hydrogen) atoms. The standard InChI is InChI=1S/C27H25BrN2O/c1-18-8-12-21(13-9-18)26-17-24(23-16-22(28)14-15-25(23)30-26)27(31)29-19(2)10-11-20-6-4-3-5-7-20/h3-9,12-17,19H,10-11H2,1-2H3,(H,29,31)/t19-/m1/s1. The lowest BCUT2D eigenvalue weighted by Crippen LogP contribution is -2.33. The van der Waals surface area contributed by atoms with Gasteiger partial charge in [-0.2, -0.15) is 0 Å². The summed E-state index contributed by atoms with van der Waals surface area (Å²) in [6.07, 6.45) is 1.81. The molecule has 4 rings (SSSR count). The van der Waals surface area contributed by atoms with Gasteiger partial charge in [0.25, 0.3) is 5.91 Å². The van der Waals surface area contributed by atoms with Gasteiger partial charge in [-0.1, -0.05) is 76.1 Å². The number of aryl methyl sites for hydroxylation is 2. The van der Waals surface area contributed by atoms with Crippen LogP contribution in [-0.2, 0) is 6.42 Å². The zero-order valence-corrected chi connectivity index (χ0v) is 19.3. The Hall–Kier alpha value is -2.98. The van der Waals surface area contributed by atoms with Crippen molar-refractivity contribution in [2.45, 2.75) is 32.7 Å². The molecule has 0 saturated carbocycles. The van der Waals surface area contributed by atoms with Gasteiger partial charge in [0.2, 0.25) is 0 Å². The molecule has 0 saturated heterocycles. The second-order valence-electron chi connectivity index (χ2n) is 7.98. The lowest BCUT2D eigenvalue weighted by molar-refractivity contribution is 0.0940. The van der Waals surface area contributed by atoms with Crippen LogP contribution in [0.2, 0.25) is 0 Å². The number of carbonyl (C=O) groups excluding carboxylic acids is 1. The maximum absolute atomic E-state index is 13.3. The Labute approximate surface area is 191 Å². The summed E-state index contributed by atoms with van der Waals surface area (Å²) >= 11 is 3.53. The maximum atomic E-state index is 13.3. The molecule has 0 radical (unpaired) electrons. The molecule has 1 heterocycles. The number of hydrogen-bond acceptors (Lipinski definition) is 2. The fourth-order valence-electron chi connectivity index (χ4n) is 3.66. The number of rotatable bonds is 6. The van der Waals surface area contributed by atoms with Crippen molar-refractivity contribution in [3.8, 4) is 11.3 Å². The van der Waals surface area contributed by atoms with Crippen LogP contribution in [0, 0.1) is 6.92 Å². The van der Waals surface area contributed by atoms with Gasteiger partial charge in [0.1, 0.15) is 0 Å². The number of aromatic nitrogens is 1.